The summed E-state index contributed by atoms with van der Waals surface area (Å²) in [6.07, 6.45) is 1.55. The van der Waals surface area contributed by atoms with Crippen molar-refractivity contribution in [1.82, 2.24) is 3.97 Å². The Balaban J connectivity index is 1.80. The molecule has 0 saturated heterocycles. The predicted molar refractivity (Wildman–Crippen MR) is 112 cm³/mol. The molecular formula is C22H17N3O3S. The number of ether oxygens (including phenoxy) is 1. The van der Waals surface area contributed by atoms with Crippen molar-refractivity contribution >= 4 is 32.3 Å². The van der Waals surface area contributed by atoms with E-state index in [0.29, 0.717) is 22.5 Å². The summed E-state index contributed by atoms with van der Waals surface area (Å²) in [7, 11) is -2.26. The van der Waals surface area contributed by atoms with Crippen LogP contribution in [0.1, 0.15) is 5.56 Å². The first-order valence-electron chi connectivity index (χ1n) is 8.80. The first-order chi connectivity index (χ1) is 14.0. The fourth-order valence-electron chi connectivity index (χ4n) is 3.11. The molecule has 0 amide bonds. The first-order valence-corrected chi connectivity index (χ1v) is 10.2. The number of hydrogen-bond acceptors (Lipinski definition) is 5. The van der Waals surface area contributed by atoms with Crippen LogP contribution in [0.5, 0.6) is 5.75 Å². The van der Waals surface area contributed by atoms with Crippen LogP contribution in [0, 0.1) is 11.3 Å². The Labute approximate surface area is 168 Å². The van der Waals surface area contributed by atoms with Crippen LogP contribution in [-0.2, 0) is 10.0 Å². The third-order valence-electron chi connectivity index (χ3n) is 4.59. The summed E-state index contributed by atoms with van der Waals surface area (Å²) < 4.78 is 32.9. The maximum atomic E-state index is 13.3. The molecule has 0 fully saturated rings. The monoisotopic (exact) mass is 403 g/mol. The largest absolute Gasteiger partial charge is 0.497 e. The van der Waals surface area contributed by atoms with Crippen molar-refractivity contribution in [1.29, 1.82) is 5.26 Å². The molecule has 3 aromatic carbocycles. The van der Waals surface area contributed by atoms with E-state index < -0.39 is 10.0 Å². The normalized spacial score (nSPS) is 11.2. The van der Waals surface area contributed by atoms with Gasteiger partial charge in [0, 0.05) is 17.3 Å². The SMILES string of the molecule is COc1ccc(S(=O)(=O)n2ccc3cccc(Nc4ccc(C#N)cc4)c32)cc1. The van der Waals surface area contributed by atoms with Crippen LogP contribution < -0.4 is 10.1 Å². The Bertz CT molecular complexity index is 1320. The molecule has 0 saturated carbocycles. The summed E-state index contributed by atoms with van der Waals surface area (Å²) in [5.41, 5.74) is 2.51. The van der Waals surface area contributed by atoms with Gasteiger partial charge >= 0.3 is 0 Å². The highest BCUT2D eigenvalue weighted by Gasteiger charge is 2.20. The van der Waals surface area contributed by atoms with Crippen LogP contribution >= 0.6 is 0 Å². The van der Waals surface area contributed by atoms with Gasteiger partial charge in [0.15, 0.2) is 0 Å². The Kier molecular flexibility index (Phi) is 4.71. The summed E-state index contributed by atoms with van der Waals surface area (Å²) in [6, 6.07) is 22.6. The van der Waals surface area contributed by atoms with Crippen LogP contribution in [0.4, 0.5) is 11.4 Å². The zero-order chi connectivity index (χ0) is 20.4. The van der Waals surface area contributed by atoms with E-state index in [4.69, 9.17) is 10.00 Å². The quantitative estimate of drug-likeness (QED) is 0.530. The van der Waals surface area contributed by atoms with E-state index in [9.17, 15) is 8.42 Å². The Morgan fingerprint density at radius 3 is 2.34 bits per heavy atom. The summed E-state index contributed by atoms with van der Waals surface area (Å²) in [6.45, 7) is 0. The number of aromatic nitrogens is 1. The van der Waals surface area contributed by atoms with Crippen molar-refractivity contribution in [2.45, 2.75) is 4.90 Å². The van der Waals surface area contributed by atoms with Gasteiger partial charge in [-0.05, 0) is 60.7 Å². The predicted octanol–water partition coefficient (Wildman–Crippen LogP) is 4.50. The molecule has 144 valence electrons. The lowest BCUT2D eigenvalue weighted by Crippen LogP contribution is -2.12. The Morgan fingerprint density at radius 2 is 1.69 bits per heavy atom. The van der Waals surface area contributed by atoms with Crippen molar-refractivity contribution in [2.24, 2.45) is 0 Å². The van der Waals surface area contributed by atoms with Gasteiger partial charge in [-0.2, -0.15) is 5.26 Å². The number of methoxy groups -OCH3 is 1. The molecule has 0 bridgehead atoms. The molecule has 4 rings (SSSR count). The molecule has 0 spiro atoms. The second kappa shape index (κ2) is 7.34. The fourth-order valence-corrected chi connectivity index (χ4v) is 4.48. The molecule has 0 radical (unpaired) electrons. The van der Waals surface area contributed by atoms with Crippen molar-refractivity contribution < 1.29 is 13.2 Å². The van der Waals surface area contributed by atoms with Gasteiger partial charge in [-0.1, -0.05) is 12.1 Å². The minimum Gasteiger partial charge on any atom is -0.497 e. The molecule has 1 aromatic heterocycles. The van der Waals surface area contributed by atoms with Crippen LogP contribution in [-0.4, -0.2) is 19.5 Å². The lowest BCUT2D eigenvalue weighted by molar-refractivity contribution is 0.414. The van der Waals surface area contributed by atoms with Gasteiger partial charge in [0.25, 0.3) is 10.0 Å². The van der Waals surface area contributed by atoms with Gasteiger partial charge in [-0.25, -0.2) is 12.4 Å². The highest BCUT2D eigenvalue weighted by Crippen LogP contribution is 2.31. The van der Waals surface area contributed by atoms with Crippen LogP contribution in [0.2, 0.25) is 0 Å². The first kappa shape index (κ1) is 18.6. The second-order valence-corrected chi connectivity index (χ2v) is 8.16. The zero-order valence-electron chi connectivity index (χ0n) is 15.5. The Morgan fingerprint density at radius 1 is 0.966 bits per heavy atom. The number of anilines is 2. The third-order valence-corrected chi connectivity index (χ3v) is 6.28. The van der Waals surface area contributed by atoms with Crippen molar-refractivity contribution in [3.63, 3.8) is 0 Å². The molecule has 1 heterocycles. The summed E-state index contributed by atoms with van der Waals surface area (Å²) in [4.78, 5) is 0.170. The van der Waals surface area contributed by atoms with Gasteiger partial charge in [-0.3, -0.25) is 0 Å². The number of nitriles is 1. The average Bonchev–Trinajstić information content (AvgIpc) is 3.20. The lowest BCUT2D eigenvalue weighted by atomic mass is 10.2. The maximum Gasteiger partial charge on any atom is 0.268 e. The van der Waals surface area contributed by atoms with E-state index >= 15 is 0 Å². The number of nitrogens with one attached hydrogen (secondary N) is 1. The van der Waals surface area contributed by atoms with E-state index in [1.165, 1.54) is 23.2 Å². The van der Waals surface area contributed by atoms with E-state index in [2.05, 4.69) is 11.4 Å². The lowest BCUT2D eigenvalue weighted by Gasteiger charge is -2.13. The molecule has 0 unspecified atom stereocenters. The maximum absolute atomic E-state index is 13.3. The molecule has 29 heavy (non-hydrogen) atoms. The number of fused-ring (bicyclic) bond motifs is 1. The molecule has 4 aromatic rings. The van der Waals surface area contributed by atoms with Gasteiger partial charge in [0.2, 0.25) is 0 Å². The van der Waals surface area contributed by atoms with Crippen LogP contribution in [0.25, 0.3) is 10.9 Å². The molecule has 7 heteroatoms. The number of nitrogens with zero attached hydrogens (tertiary/aromatic N) is 2. The van der Waals surface area contributed by atoms with Crippen LogP contribution in [0.15, 0.2) is 83.9 Å². The van der Waals surface area contributed by atoms with Gasteiger partial charge in [-0.15, -0.1) is 0 Å². The van der Waals surface area contributed by atoms with Crippen molar-refractivity contribution in [2.75, 3.05) is 12.4 Å². The molecule has 0 aliphatic heterocycles. The Hall–Kier alpha value is -3.76. The second-order valence-electron chi connectivity index (χ2n) is 6.35. The topological polar surface area (TPSA) is 84.1 Å². The van der Waals surface area contributed by atoms with E-state index in [1.54, 1.807) is 48.7 Å². The van der Waals surface area contributed by atoms with E-state index in [-0.39, 0.29) is 4.90 Å². The molecule has 0 atom stereocenters. The highest BCUT2D eigenvalue weighted by molar-refractivity contribution is 7.90. The summed E-state index contributed by atoms with van der Waals surface area (Å²) >= 11 is 0. The number of hydrogen-bond donors (Lipinski definition) is 1. The summed E-state index contributed by atoms with van der Waals surface area (Å²) in [5, 5.41) is 13.0. The highest BCUT2D eigenvalue weighted by atomic mass is 32.2. The molecule has 1 N–H and O–H groups in total. The molecular weight excluding hydrogens is 386 g/mol. The minimum absolute atomic E-state index is 0.170. The standard InChI is InChI=1S/C22H17N3O3S/c1-28-19-9-11-20(12-10-19)29(26,27)25-14-13-17-3-2-4-21(22(17)25)24-18-7-5-16(15-23)6-8-18/h2-14,24H,1H3. The minimum atomic E-state index is -3.79. The average molecular weight is 403 g/mol. The molecule has 0 aliphatic rings. The third kappa shape index (κ3) is 3.42. The zero-order valence-corrected chi connectivity index (χ0v) is 16.3. The fraction of sp³-hybridized carbons (Fsp3) is 0.0455. The number of benzene rings is 3. The molecule has 6 nitrogen and oxygen atoms in total. The smallest absolute Gasteiger partial charge is 0.268 e. The van der Waals surface area contributed by atoms with Gasteiger partial charge in [0.1, 0.15) is 5.75 Å². The number of rotatable bonds is 5. The molecule has 0 aliphatic carbocycles. The number of para-hydroxylation sites is 1. The van der Waals surface area contributed by atoms with Crippen LogP contribution in [0.3, 0.4) is 0 Å². The van der Waals surface area contributed by atoms with Crippen molar-refractivity contribution in [3.8, 4) is 11.8 Å². The van der Waals surface area contributed by atoms with Gasteiger partial charge in [0.05, 0.1) is 34.8 Å². The van der Waals surface area contributed by atoms with Gasteiger partial charge < -0.3 is 10.1 Å². The van der Waals surface area contributed by atoms with E-state index in [1.807, 2.05) is 18.2 Å². The van der Waals surface area contributed by atoms with E-state index in [0.717, 1.165) is 11.1 Å². The summed E-state index contributed by atoms with van der Waals surface area (Å²) in [5.74, 6) is 0.587. The van der Waals surface area contributed by atoms with Crippen molar-refractivity contribution in [3.05, 3.63) is 84.6 Å².